The van der Waals surface area contributed by atoms with Gasteiger partial charge in [-0.25, -0.2) is 0 Å². The first-order chi connectivity index (χ1) is 21.6. The van der Waals surface area contributed by atoms with Crippen LogP contribution in [0.25, 0.3) is 0 Å². The number of hydrogen-bond acceptors (Lipinski definition) is 8. The van der Waals surface area contributed by atoms with Crippen LogP contribution in [0.15, 0.2) is 119 Å². The van der Waals surface area contributed by atoms with Crippen LogP contribution >= 0.6 is 31.9 Å². The molecular formula is C31H20Br2N6O6. The highest BCUT2D eigenvalue weighted by Gasteiger charge is 2.60. The molecule has 224 valence electrons. The molecule has 0 saturated carbocycles. The van der Waals surface area contributed by atoms with Crippen molar-refractivity contribution in [3.63, 3.8) is 0 Å². The molecule has 0 saturated heterocycles. The van der Waals surface area contributed by atoms with Crippen molar-refractivity contribution in [1.29, 1.82) is 0 Å². The second kappa shape index (κ2) is 11.8. The molecule has 0 N–H and O–H groups in total. The maximum atomic E-state index is 14.4. The van der Waals surface area contributed by atoms with Crippen molar-refractivity contribution < 1.29 is 19.4 Å². The van der Waals surface area contributed by atoms with Crippen molar-refractivity contribution in [2.24, 2.45) is 16.1 Å². The van der Waals surface area contributed by atoms with Gasteiger partial charge in [-0.15, -0.1) is 0 Å². The number of nitro groups is 2. The number of anilines is 2. The summed E-state index contributed by atoms with van der Waals surface area (Å²) < 4.78 is -1.67. The van der Waals surface area contributed by atoms with Gasteiger partial charge >= 0.3 is 0 Å². The molecule has 12 nitrogen and oxygen atoms in total. The molecule has 0 fully saturated rings. The molecule has 0 bridgehead atoms. The summed E-state index contributed by atoms with van der Waals surface area (Å²) in [6.45, 7) is 0. The third-order valence-electron chi connectivity index (χ3n) is 7.43. The second-order valence-electron chi connectivity index (χ2n) is 10.1. The van der Waals surface area contributed by atoms with Crippen LogP contribution in [0.1, 0.15) is 11.1 Å². The predicted octanol–water partition coefficient (Wildman–Crippen LogP) is 6.22. The number of para-hydroxylation sites is 2. The van der Waals surface area contributed by atoms with Crippen LogP contribution in [-0.4, -0.2) is 42.2 Å². The Morgan fingerprint density at radius 3 is 1.64 bits per heavy atom. The summed E-state index contributed by atoms with van der Waals surface area (Å²) in [4.78, 5) is 49.2. The van der Waals surface area contributed by atoms with Gasteiger partial charge in [0.2, 0.25) is 0 Å². The van der Waals surface area contributed by atoms with Crippen molar-refractivity contribution >= 4 is 77.8 Å². The van der Waals surface area contributed by atoms with Crippen LogP contribution in [0, 0.1) is 26.1 Å². The molecule has 2 amide bonds. The van der Waals surface area contributed by atoms with Crippen LogP contribution in [-0.2, 0) is 9.59 Å². The van der Waals surface area contributed by atoms with Crippen LogP contribution < -0.4 is 10.0 Å². The van der Waals surface area contributed by atoms with E-state index in [1.54, 1.807) is 60.7 Å². The van der Waals surface area contributed by atoms with E-state index in [2.05, 4.69) is 42.1 Å². The lowest BCUT2D eigenvalue weighted by Crippen LogP contribution is -2.54. The number of benzene rings is 4. The molecule has 45 heavy (non-hydrogen) atoms. The van der Waals surface area contributed by atoms with E-state index in [1.165, 1.54) is 58.5 Å². The molecule has 0 aliphatic carbocycles. The zero-order valence-electron chi connectivity index (χ0n) is 22.9. The molecule has 3 atom stereocenters. The smallest absolute Gasteiger partial charge is 0.271 e. The van der Waals surface area contributed by atoms with Gasteiger partial charge in [0.1, 0.15) is 0 Å². The summed E-state index contributed by atoms with van der Waals surface area (Å²) in [7, 11) is 0. The number of rotatable bonds is 8. The van der Waals surface area contributed by atoms with Gasteiger partial charge in [0.15, 0.2) is 4.32 Å². The molecule has 14 heteroatoms. The van der Waals surface area contributed by atoms with Gasteiger partial charge in [0.05, 0.1) is 43.4 Å². The second-order valence-corrected chi connectivity index (χ2v) is 12.3. The number of nitrogens with zero attached hydrogens (tertiary/aromatic N) is 6. The molecule has 2 heterocycles. The third kappa shape index (κ3) is 5.21. The molecule has 4 aromatic rings. The highest BCUT2D eigenvalue weighted by Crippen LogP contribution is 2.46. The van der Waals surface area contributed by atoms with Gasteiger partial charge in [-0.3, -0.25) is 29.8 Å². The topological polar surface area (TPSA) is 152 Å². The maximum absolute atomic E-state index is 14.4. The zero-order chi connectivity index (χ0) is 31.9. The number of amides is 2. The average Bonchev–Trinajstić information content (AvgIpc) is 3.55. The van der Waals surface area contributed by atoms with Crippen LogP contribution in [0.3, 0.4) is 0 Å². The fraction of sp³-hybridized carbons (Fsp3) is 0.0968. The van der Waals surface area contributed by atoms with E-state index < -0.39 is 36.7 Å². The number of nitro benzene ring substituents is 2. The van der Waals surface area contributed by atoms with E-state index in [0.29, 0.717) is 22.5 Å². The van der Waals surface area contributed by atoms with Crippen molar-refractivity contribution in [3.8, 4) is 0 Å². The molecule has 2 aliphatic heterocycles. The minimum Gasteiger partial charge on any atom is -0.272 e. The Morgan fingerprint density at radius 2 is 1.16 bits per heavy atom. The number of non-ortho nitro benzene ring substituents is 2. The van der Waals surface area contributed by atoms with Gasteiger partial charge in [-0.05, 0) is 54.1 Å². The lowest BCUT2D eigenvalue weighted by Gasteiger charge is -2.31. The number of hydrogen-bond donors (Lipinski definition) is 0. The molecule has 6 rings (SSSR count). The first-order valence-corrected chi connectivity index (χ1v) is 15.1. The minimum absolute atomic E-state index is 0.135. The third-order valence-corrected chi connectivity index (χ3v) is 10.5. The van der Waals surface area contributed by atoms with Crippen LogP contribution in [0.4, 0.5) is 22.7 Å². The minimum atomic E-state index is -1.67. The quantitative estimate of drug-likeness (QED) is 0.119. The number of halogens is 2. The summed E-state index contributed by atoms with van der Waals surface area (Å²) in [5.74, 6) is -2.06. The zero-order valence-corrected chi connectivity index (χ0v) is 26.1. The van der Waals surface area contributed by atoms with E-state index in [0.717, 1.165) is 0 Å². The van der Waals surface area contributed by atoms with Crippen molar-refractivity contribution in [2.45, 2.75) is 9.15 Å². The first-order valence-electron chi connectivity index (χ1n) is 13.4. The monoisotopic (exact) mass is 730 g/mol. The van der Waals surface area contributed by atoms with Crippen molar-refractivity contribution in [1.82, 2.24) is 0 Å². The first kappa shape index (κ1) is 30.0. The molecular weight excluding hydrogens is 712 g/mol. The summed E-state index contributed by atoms with van der Waals surface area (Å²) in [6.07, 6.45) is 0. The molecule has 0 spiro atoms. The SMILES string of the molecule is O=C1[C@@H]([C@@H](Br)[C@@]2(Br)C(=O)N(c3ccccc3)N=C2c2ccc([N+](=O)[O-])cc2)C(c2ccc([N+](=O)[O-])cc2)=NN1c1ccccc1. The Morgan fingerprint density at radius 1 is 0.689 bits per heavy atom. The van der Waals surface area contributed by atoms with E-state index >= 15 is 0 Å². The maximum Gasteiger partial charge on any atom is 0.271 e. The van der Waals surface area contributed by atoms with Crippen LogP contribution in [0.2, 0.25) is 0 Å². The van der Waals surface area contributed by atoms with Gasteiger partial charge in [-0.2, -0.15) is 20.2 Å². The molecule has 0 aromatic heterocycles. The summed E-state index contributed by atoms with van der Waals surface area (Å²) in [6, 6.07) is 28.7. The Kier molecular flexibility index (Phi) is 7.85. The van der Waals surface area contributed by atoms with Crippen LogP contribution in [0.5, 0.6) is 0 Å². The summed E-state index contributed by atoms with van der Waals surface area (Å²) >= 11 is 7.39. The molecule has 4 aromatic carbocycles. The highest BCUT2D eigenvalue weighted by atomic mass is 79.9. The largest absolute Gasteiger partial charge is 0.272 e. The Bertz CT molecular complexity index is 1890. The molecule has 0 radical (unpaired) electrons. The fourth-order valence-corrected chi connectivity index (χ4v) is 6.81. The fourth-order valence-electron chi connectivity index (χ4n) is 5.18. The average molecular weight is 732 g/mol. The number of alkyl halides is 2. The van der Waals surface area contributed by atoms with E-state index in [-0.39, 0.29) is 22.8 Å². The normalized spacial score (nSPS) is 20.2. The predicted molar refractivity (Wildman–Crippen MR) is 175 cm³/mol. The van der Waals surface area contributed by atoms with E-state index in [1.807, 2.05) is 0 Å². The Balaban J connectivity index is 1.48. The van der Waals surface area contributed by atoms with Crippen molar-refractivity contribution in [3.05, 3.63) is 141 Å². The molecule has 2 aliphatic rings. The number of hydrazone groups is 2. The number of carbonyl (C=O) groups is 2. The Labute approximate surface area is 272 Å². The molecule has 0 unspecified atom stereocenters. The lowest BCUT2D eigenvalue weighted by molar-refractivity contribution is -0.385. The Hall–Kier alpha value is -5.08. The summed E-state index contributed by atoms with van der Waals surface area (Å²) in [5, 5.41) is 34.5. The lowest BCUT2D eigenvalue weighted by atomic mass is 9.83. The number of carbonyl (C=O) groups excluding carboxylic acids is 2. The standard InChI is InChI=1S/C31H20Br2N6O6/c32-27(25-26(19-11-15-23(16-12-19)38(42)43)34-36(29(25)40)21-7-3-1-4-8-21)31(33)28(20-13-17-24(18-14-20)39(44)45)35-37(30(31)41)22-9-5-2-6-10-22/h1-18,25,27H/t25-,27-,31+/m1/s1. The van der Waals surface area contributed by atoms with Gasteiger partial charge in [0.25, 0.3) is 23.2 Å². The van der Waals surface area contributed by atoms with Crippen molar-refractivity contribution in [2.75, 3.05) is 10.0 Å². The van der Waals surface area contributed by atoms with Gasteiger partial charge in [-0.1, -0.05) is 68.3 Å². The van der Waals surface area contributed by atoms with Gasteiger partial charge < -0.3 is 0 Å². The van der Waals surface area contributed by atoms with Gasteiger partial charge in [0, 0.05) is 29.8 Å². The van der Waals surface area contributed by atoms with E-state index in [9.17, 15) is 29.8 Å². The van der Waals surface area contributed by atoms with E-state index in [4.69, 9.17) is 0 Å². The highest BCUT2D eigenvalue weighted by molar-refractivity contribution is 9.13. The summed E-state index contributed by atoms with van der Waals surface area (Å²) in [5.41, 5.74) is 2.01.